The van der Waals surface area contributed by atoms with Crippen LogP contribution in [-0.4, -0.2) is 60.9 Å². The summed E-state index contributed by atoms with van der Waals surface area (Å²) in [5.74, 6) is 0.629. The number of anilines is 1. The first-order valence-electron chi connectivity index (χ1n) is 7.56. The van der Waals surface area contributed by atoms with Gasteiger partial charge in [0.15, 0.2) is 0 Å². The number of nitrogens with one attached hydrogen (secondary N) is 1. The van der Waals surface area contributed by atoms with E-state index in [1.54, 1.807) is 7.05 Å². The van der Waals surface area contributed by atoms with E-state index in [2.05, 4.69) is 20.2 Å². The van der Waals surface area contributed by atoms with Gasteiger partial charge in [0.05, 0.1) is 19.8 Å². The second kappa shape index (κ2) is 5.81. The zero-order chi connectivity index (χ0) is 15.7. The number of ether oxygens (including phenoxy) is 2. The minimum absolute atomic E-state index is 0.0970. The Labute approximate surface area is 130 Å². The number of hydrogen-bond donors (Lipinski definition) is 1. The van der Waals surface area contributed by atoms with E-state index >= 15 is 0 Å². The lowest BCUT2D eigenvalue weighted by atomic mass is 9.97. The molecule has 2 fully saturated rings. The molecule has 2 unspecified atom stereocenters. The molecule has 1 N–H and O–H groups in total. The van der Waals surface area contributed by atoms with Crippen molar-refractivity contribution in [1.29, 1.82) is 0 Å². The Balaban J connectivity index is 1.76. The third kappa shape index (κ3) is 2.91. The Morgan fingerprint density at radius 1 is 1.41 bits per heavy atom. The highest BCUT2D eigenvalue weighted by Gasteiger charge is 2.47. The van der Waals surface area contributed by atoms with E-state index in [0.29, 0.717) is 26.2 Å². The zero-order valence-electron chi connectivity index (χ0n) is 13.3. The summed E-state index contributed by atoms with van der Waals surface area (Å²) < 4.78 is 11.6. The van der Waals surface area contributed by atoms with E-state index in [1.807, 2.05) is 19.9 Å². The fourth-order valence-corrected chi connectivity index (χ4v) is 3.11. The first-order valence-corrected chi connectivity index (χ1v) is 7.56. The van der Waals surface area contributed by atoms with Gasteiger partial charge in [0.1, 0.15) is 11.7 Å². The molecule has 1 aromatic rings. The van der Waals surface area contributed by atoms with Crippen LogP contribution in [0.3, 0.4) is 0 Å². The van der Waals surface area contributed by atoms with Crippen molar-refractivity contribution in [2.75, 3.05) is 38.3 Å². The Morgan fingerprint density at radius 3 is 2.82 bits per heavy atom. The second-order valence-electron chi connectivity index (χ2n) is 6.02. The first kappa shape index (κ1) is 15.2. The number of morpholine rings is 1. The van der Waals surface area contributed by atoms with Gasteiger partial charge < -0.3 is 19.7 Å². The van der Waals surface area contributed by atoms with Crippen molar-refractivity contribution in [2.24, 2.45) is 0 Å². The van der Waals surface area contributed by atoms with Crippen LogP contribution in [0.1, 0.15) is 17.8 Å². The number of aryl methyl sites for hydroxylation is 2. The minimum atomic E-state index is -0.448. The molecule has 2 aliphatic rings. The molecule has 0 aliphatic carbocycles. The molecular weight excluding hydrogens is 284 g/mol. The van der Waals surface area contributed by atoms with Crippen molar-refractivity contribution in [3.63, 3.8) is 0 Å². The highest BCUT2D eigenvalue weighted by molar-refractivity contribution is 5.80. The fourth-order valence-electron chi connectivity index (χ4n) is 3.11. The van der Waals surface area contributed by atoms with Crippen molar-refractivity contribution in [2.45, 2.75) is 32.0 Å². The van der Waals surface area contributed by atoms with Gasteiger partial charge in [0.25, 0.3) is 0 Å². The van der Waals surface area contributed by atoms with Crippen LogP contribution in [0.15, 0.2) is 6.07 Å². The van der Waals surface area contributed by atoms with E-state index in [9.17, 15) is 4.79 Å². The molecule has 0 aromatic carbocycles. The van der Waals surface area contributed by atoms with Crippen LogP contribution in [-0.2, 0) is 14.3 Å². The van der Waals surface area contributed by atoms with Crippen molar-refractivity contribution < 1.29 is 14.3 Å². The van der Waals surface area contributed by atoms with Crippen LogP contribution >= 0.6 is 0 Å². The summed E-state index contributed by atoms with van der Waals surface area (Å²) in [7, 11) is 1.62. The van der Waals surface area contributed by atoms with E-state index in [-0.39, 0.29) is 5.91 Å². The molecule has 1 spiro atoms. The van der Waals surface area contributed by atoms with Gasteiger partial charge >= 0.3 is 0 Å². The third-order valence-corrected chi connectivity index (χ3v) is 4.15. The fraction of sp³-hybridized carbons (Fsp3) is 0.667. The summed E-state index contributed by atoms with van der Waals surface area (Å²) in [6, 6.07) is 1.96. The standard InChI is InChI=1S/C15H22N4O3/c1-10-6-11(2)18-14(17-10)19-4-5-22-15(8-19)7-12(21-9-15)13(20)16-3/h6,12H,4-5,7-9H2,1-3H3,(H,16,20). The summed E-state index contributed by atoms with van der Waals surface area (Å²) in [4.78, 5) is 22.9. The average Bonchev–Trinajstić information content (AvgIpc) is 2.89. The maximum atomic E-state index is 11.8. The predicted molar refractivity (Wildman–Crippen MR) is 80.8 cm³/mol. The molecule has 0 radical (unpaired) electrons. The van der Waals surface area contributed by atoms with Crippen LogP contribution in [0, 0.1) is 13.8 Å². The zero-order valence-corrected chi connectivity index (χ0v) is 13.3. The summed E-state index contributed by atoms with van der Waals surface area (Å²) in [6.45, 7) is 6.33. The molecule has 3 heterocycles. The minimum Gasteiger partial charge on any atom is -0.369 e. The van der Waals surface area contributed by atoms with E-state index in [4.69, 9.17) is 9.47 Å². The topological polar surface area (TPSA) is 76.6 Å². The molecule has 1 aromatic heterocycles. The van der Waals surface area contributed by atoms with E-state index < -0.39 is 11.7 Å². The summed E-state index contributed by atoms with van der Waals surface area (Å²) in [5, 5.41) is 2.63. The highest BCUT2D eigenvalue weighted by atomic mass is 16.6. The summed E-state index contributed by atoms with van der Waals surface area (Å²) in [5.41, 5.74) is 1.46. The highest BCUT2D eigenvalue weighted by Crippen LogP contribution is 2.32. The molecule has 7 nitrogen and oxygen atoms in total. The van der Waals surface area contributed by atoms with Gasteiger partial charge in [-0.2, -0.15) is 0 Å². The maximum Gasteiger partial charge on any atom is 0.248 e. The number of carbonyl (C=O) groups excluding carboxylic acids is 1. The smallest absolute Gasteiger partial charge is 0.248 e. The predicted octanol–water partition coefficient (Wildman–Crippen LogP) is 0.204. The number of rotatable bonds is 2. The molecule has 22 heavy (non-hydrogen) atoms. The van der Waals surface area contributed by atoms with Gasteiger partial charge in [-0.3, -0.25) is 4.79 Å². The van der Waals surface area contributed by atoms with Crippen molar-refractivity contribution in [1.82, 2.24) is 15.3 Å². The molecule has 0 bridgehead atoms. The lowest BCUT2D eigenvalue weighted by Gasteiger charge is -2.39. The lowest BCUT2D eigenvalue weighted by Crippen LogP contribution is -2.53. The van der Waals surface area contributed by atoms with Crippen LogP contribution in [0.2, 0.25) is 0 Å². The molecule has 0 saturated carbocycles. The third-order valence-electron chi connectivity index (χ3n) is 4.15. The van der Waals surface area contributed by atoms with Crippen LogP contribution in [0.25, 0.3) is 0 Å². The quantitative estimate of drug-likeness (QED) is 0.841. The van der Waals surface area contributed by atoms with Crippen molar-refractivity contribution >= 4 is 11.9 Å². The van der Waals surface area contributed by atoms with Gasteiger partial charge in [-0.05, 0) is 19.9 Å². The molecular formula is C15H22N4O3. The largest absolute Gasteiger partial charge is 0.369 e. The van der Waals surface area contributed by atoms with Crippen LogP contribution in [0.4, 0.5) is 5.95 Å². The molecule has 3 rings (SSSR count). The summed E-state index contributed by atoms with van der Waals surface area (Å²) >= 11 is 0. The van der Waals surface area contributed by atoms with Gasteiger partial charge in [0, 0.05) is 31.4 Å². The average molecular weight is 306 g/mol. The number of nitrogens with zero attached hydrogens (tertiary/aromatic N) is 3. The van der Waals surface area contributed by atoms with E-state index in [1.165, 1.54) is 0 Å². The molecule has 2 saturated heterocycles. The second-order valence-corrected chi connectivity index (χ2v) is 6.02. The maximum absolute atomic E-state index is 11.8. The SMILES string of the molecule is CNC(=O)C1CC2(CO1)CN(c1nc(C)cc(C)n1)CCO2. The van der Waals surface area contributed by atoms with Crippen LogP contribution < -0.4 is 10.2 Å². The van der Waals surface area contributed by atoms with Gasteiger partial charge in [-0.15, -0.1) is 0 Å². The number of likely N-dealkylation sites (N-methyl/N-ethyl adjacent to an activating group) is 1. The Morgan fingerprint density at radius 2 is 2.14 bits per heavy atom. The Hall–Kier alpha value is -1.73. The van der Waals surface area contributed by atoms with Crippen molar-refractivity contribution in [3.8, 4) is 0 Å². The van der Waals surface area contributed by atoms with Gasteiger partial charge in [-0.1, -0.05) is 0 Å². The number of carbonyl (C=O) groups is 1. The molecule has 1 amide bonds. The van der Waals surface area contributed by atoms with Crippen molar-refractivity contribution in [3.05, 3.63) is 17.5 Å². The normalized spacial score (nSPS) is 28.1. The number of amides is 1. The first-order chi connectivity index (χ1) is 10.5. The Bertz CT molecular complexity index is 560. The lowest BCUT2D eigenvalue weighted by molar-refractivity contribution is -0.129. The van der Waals surface area contributed by atoms with Gasteiger partial charge in [0.2, 0.25) is 11.9 Å². The molecule has 2 atom stereocenters. The molecule has 7 heteroatoms. The Kier molecular flexibility index (Phi) is 4.01. The number of hydrogen-bond acceptors (Lipinski definition) is 6. The monoisotopic (exact) mass is 306 g/mol. The number of aromatic nitrogens is 2. The summed E-state index contributed by atoms with van der Waals surface area (Å²) in [6.07, 6.45) is 0.124. The van der Waals surface area contributed by atoms with E-state index in [0.717, 1.165) is 23.9 Å². The van der Waals surface area contributed by atoms with Crippen LogP contribution in [0.5, 0.6) is 0 Å². The molecule has 2 aliphatic heterocycles. The van der Waals surface area contributed by atoms with Gasteiger partial charge in [-0.25, -0.2) is 9.97 Å². The molecule has 120 valence electrons.